The smallest absolute Gasteiger partial charge is 0.408 e. The molecule has 2 heterocycles. The van der Waals surface area contributed by atoms with Crippen LogP contribution < -0.4 is 15.4 Å². The highest BCUT2D eigenvalue weighted by molar-refractivity contribution is 6.76. The van der Waals surface area contributed by atoms with Gasteiger partial charge in [0, 0.05) is 33.5 Å². The van der Waals surface area contributed by atoms with Crippen molar-refractivity contribution in [3.05, 3.63) is 53.6 Å². The summed E-state index contributed by atoms with van der Waals surface area (Å²) in [6, 6.07) is 5.81. The summed E-state index contributed by atoms with van der Waals surface area (Å²) in [5.41, 5.74) is -0.312. The van der Waals surface area contributed by atoms with Gasteiger partial charge in [-0.05, 0) is 75.9 Å². The summed E-state index contributed by atoms with van der Waals surface area (Å²) in [6.45, 7) is 14.9. The zero-order valence-corrected chi connectivity index (χ0v) is 30.1. The number of nitrogens with zero attached hydrogens (tertiary/aromatic N) is 2. The lowest BCUT2D eigenvalue weighted by Crippen LogP contribution is -2.60. The topological polar surface area (TPSA) is 141 Å². The van der Waals surface area contributed by atoms with E-state index in [-0.39, 0.29) is 25.0 Å². The number of carboxylic acids is 1. The minimum atomic E-state index is -1.43. The van der Waals surface area contributed by atoms with Crippen LogP contribution in [0.25, 0.3) is 11.0 Å². The molecule has 4 rings (SSSR count). The van der Waals surface area contributed by atoms with Crippen molar-refractivity contribution in [3.8, 4) is 11.5 Å². The molecule has 0 unspecified atom stereocenters. The molecule has 1 fully saturated rings. The molecular weight excluding hydrogens is 635 g/mol. The van der Waals surface area contributed by atoms with Crippen molar-refractivity contribution in [3.63, 3.8) is 0 Å². The van der Waals surface area contributed by atoms with Crippen LogP contribution in [0.15, 0.2) is 36.7 Å². The van der Waals surface area contributed by atoms with Gasteiger partial charge >= 0.3 is 12.1 Å². The van der Waals surface area contributed by atoms with Gasteiger partial charge in [-0.1, -0.05) is 45.0 Å². The number of hydrogen-bond acceptors (Lipinski definition) is 7. The molecule has 1 aromatic carbocycles. The van der Waals surface area contributed by atoms with Crippen LogP contribution in [0.1, 0.15) is 64.0 Å². The molecule has 0 aliphatic heterocycles. The molecule has 48 heavy (non-hydrogen) atoms. The third-order valence-electron chi connectivity index (χ3n) is 8.28. The van der Waals surface area contributed by atoms with Crippen molar-refractivity contribution < 1.29 is 38.1 Å². The van der Waals surface area contributed by atoms with E-state index in [2.05, 4.69) is 35.3 Å². The molecule has 262 valence electrons. The van der Waals surface area contributed by atoms with Gasteiger partial charge in [-0.25, -0.2) is 19.0 Å². The first-order chi connectivity index (χ1) is 22.5. The SMILES string of the molecule is Cc1cn(COCC[Si](C)(C)C)c2nccc(Oc3ccc(C[C@H](NC(=O)OC(C)(C)C)C(=O)NC4(C(=O)O)CCCCC4)cc3F)c12. The van der Waals surface area contributed by atoms with E-state index >= 15 is 4.39 Å². The summed E-state index contributed by atoms with van der Waals surface area (Å²) in [5, 5.41) is 16.0. The maximum atomic E-state index is 15.6. The first-order valence-electron chi connectivity index (χ1n) is 16.5. The number of aryl methyl sites for hydroxylation is 1. The van der Waals surface area contributed by atoms with Gasteiger partial charge < -0.3 is 34.5 Å². The second-order valence-corrected chi connectivity index (χ2v) is 20.5. The number of halogens is 1. The monoisotopic (exact) mass is 684 g/mol. The van der Waals surface area contributed by atoms with Gasteiger partial charge in [0.15, 0.2) is 11.6 Å². The predicted molar refractivity (Wildman–Crippen MR) is 184 cm³/mol. The number of benzene rings is 1. The van der Waals surface area contributed by atoms with Crippen LogP contribution >= 0.6 is 0 Å². The Morgan fingerprint density at radius 2 is 1.81 bits per heavy atom. The zero-order chi connectivity index (χ0) is 35.3. The number of hydrogen-bond donors (Lipinski definition) is 3. The van der Waals surface area contributed by atoms with Gasteiger partial charge in [-0.3, -0.25) is 4.79 Å². The molecule has 1 aliphatic rings. The van der Waals surface area contributed by atoms with Gasteiger partial charge in [-0.2, -0.15) is 0 Å². The Bertz CT molecular complexity index is 1620. The number of aromatic nitrogens is 2. The van der Waals surface area contributed by atoms with Crippen LogP contribution in [-0.4, -0.2) is 64.5 Å². The molecule has 1 aliphatic carbocycles. The number of amides is 2. The van der Waals surface area contributed by atoms with Gasteiger partial charge in [0.25, 0.3) is 0 Å². The largest absolute Gasteiger partial charge is 0.480 e. The number of ether oxygens (including phenoxy) is 3. The van der Waals surface area contributed by atoms with E-state index in [0.717, 1.165) is 23.4 Å². The van der Waals surface area contributed by atoms with Crippen molar-refractivity contribution >= 4 is 37.1 Å². The average molecular weight is 685 g/mol. The molecule has 0 saturated heterocycles. The van der Waals surface area contributed by atoms with Crippen LogP contribution in [0.5, 0.6) is 11.5 Å². The summed E-state index contributed by atoms with van der Waals surface area (Å²) in [6.07, 6.45) is 5.33. The Morgan fingerprint density at radius 1 is 1.10 bits per heavy atom. The predicted octanol–water partition coefficient (Wildman–Crippen LogP) is 6.93. The molecule has 2 amide bonds. The Hall–Kier alpha value is -3.97. The highest BCUT2D eigenvalue weighted by Crippen LogP contribution is 2.34. The van der Waals surface area contributed by atoms with Gasteiger partial charge in [0.2, 0.25) is 5.91 Å². The number of carbonyl (C=O) groups excluding carboxylic acids is 2. The Morgan fingerprint density at radius 3 is 2.44 bits per heavy atom. The number of rotatable bonds is 13. The first kappa shape index (κ1) is 36.9. The molecule has 1 atom stereocenters. The summed E-state index contributed by atoms with van der Waals surface area (Å²) in [5.74, 6) is -2.08. The summed E-state index contributed by atoms with van der Waals surface area (Å²) >= 11 is 0. The number of nitrogens with one attached hydrogen (secondary N) is 2. The second kappa shape index (κ2) is 15.1. The van der Waals surface area contributed by atoms with E-state index in [1.165, 1.54) is 12.1 Å². The van der Waals surface area contributed by atoms with Gasteiger partial charge in [0.05, 0.1) is 5.39 Å². The highest BCUT2D eigenvalue weighted by atomic mass is 28.3. The normalized spacial score (nSPS) is 15.5. The summed E-state index contributed by atoms with van der Waals surface area (Å²) in [7, 11) is -1.22. The van der Waals surface area contributed by atoms with E-state index in [1.807, 2.05) is 17.7 Å². The molecule has 3 N–H and O–H groups in total. The van der Waals surface area contributed by atoms with Crippen LogP contribution in [0.4, 0.5) is 9.18 Å². The van der Waals surface area contributed by atoms with E-state index in [0.29, 0.717) is 43.1 Å². The third kappa shape index (κ3) is 9.78. The second-order valence-electron chi connectivity index (χ2n) is 14.8. The number of carboxylic acid groups (broad SMARTS) is 1. The Labute approximate surface area is 282 Å². The molecule has 3 aromatic rings. The van der Waals surface area contributed by atoms with Crippen molar-refractivity contribution in [1.82, 2.24) is 20.2 Å². The van der Waals surface area contributed by atoms with Crippen LogP contribution in [0.2, 0.25) is 25.7 Å². The summed E-state index contributed by atoms with van der Waals surface area (Å²) < 4.78 is 34.8. The van der Waals surface area contributed by atoms with Crippen molar-refractivity contribution in [2.24, 2.45) is 0 Å². The maximum Gasteiger partial charge on any atom is 0.408 e. The minimum Gasteiger partial charge on any atom is -0.480 e. The standard InChI is InChI=1S/C35H49FN4O7Si/c1-23-21-40(22-45-17-18-48(5,6)7)30-29(23)28(13-16-37-30)46-27-12-11-24(19-25(27)36)20-26(38-33(44)47-34(2,3)4)31(41)39-35(32(42)43)14-9-8-10-15-35/h11-13,16,19,21,26H,8-10,14-15,17-18,20,22H2,1-7H3,(H,38,44)(H,39,41)(H,42,43)/t26-/m0/s1. The number of carbonyl (C=O) groups is 3. The number of fused-ring (bicyclic) bond motifs is 1. The molecule has 2 aromatic heterocycles. The lowest BCUT2D eigenvalue weighted by Gasteiger charge is -2.35. The van der Waals surface area contributed by atoms with Crippen molar-refractivity contribution in [2.75, 3.05) is 6.61 Å². The Kier molecular flexibility index (Phi) is 11.6. The Balaban J connectivity index is 1.53. The average Bonchev–Trinajstić information content (AvgIpc) is 3.31. The number of aliphatic carboxylic acids is 1. The van der Waals surface area contributed by atoms with Crippen molar-refractivity contribution in [1.29, 1.82) is 0 Å². The van der Waals surface area contributed by atoms with Crippen LogP contribution in [-0.2, 0) is 32.2 Å². The van der Waals surface area contributed by atoms with E-state index in [9.17, 15) is 19.5 Å². The number of pyridine rings is 1. The van der Waals surface area contributed by atoms with E-state index in [1.54, 1.807) is 39.1 Å². The van der Waals surface area contributed by atoms with Crippen LogP contribution in [0.3, 0.4) is 0 Å². The summed E-state index contributed by atoms with van der Waals surface area (Å²) in [4.78, 5) is 43.0. The number of alkyl carbamates (subject to hydrolysis) is 1. The molecule has 0 spiro atoms. The molecule has 0 radical (unpaired) electrons. The zero-order valence-electron chi connectivity index (χ0n) is 29.1. The van der Waals surface area contributed by atoms with Gasteiger partial charge in [0.1, 0.15) is 35.3 Å². The third-order valence-corrected chi connectivity index (χ3v) is 9.98. The maximum absolute atomic E-state index is 15.6. The lowest BCUT2D eigenvalue weighted by atomic mass is 9.81. The molecule has 13 heteroatoms. The highest BCUT2D eigenvalue weighted by Gasteiger charge is 2.42. The van der Waals surface area contributed by atoms with E-state index in [4.69, 9.17) is 14.2 Å². The quantitative estimate of drug-likeness (QED) is 0.130. The van der Waals surface area contributed by atoms with Crippen LogP contribution in [0, 0.1) is 12.7 Å². The molecule has 1 saturated carbocycles. The fraction of sp³-hybridized carbons (Fsp3) is 0.543. The molecular formula is C35H49FN4O7Si. The molecule has 11 nitrogen and oxygen atoms in total. The minimum absolute atomic E-state index is 0.0297. The first-order valence-corrected chi connectivity index (χ1v) is 20.2. The fourth-order valence-electron chi connectivity index (χ4n) is 5.74. The van der Waals surface area contributed by atoms with Gasteiger partial charge in [-0.15, -0.1) is 0 Å². The fourth-order valence-corrected chi connectivity index (χ4v) is 6.50. The molecule has 0 bridgehead atoms. The van der Waals surface area contributed by atoms with E-state index < -0.39 is 49.0 Å². The van der Waals surface area contributed by atoms with Crippen molar-refractivity contribution in [2.45, 2.75) is 116 Å². The lowest BCUT2D eigenvalue weighted by molar-refractivity contribution is -0.149.